The number of nitrogens with one attached hydrogen (secondary N) is 1. The SMILES string of the molecule is NC(=O)C1=C(O)[C@@]2(O)C(=O)C3=C(O)c4c(O)ccc(N)c4C[C@@]3(CNC(=O)c3ccccc3)C[C@H]2[C@H](N)C1=O. The molecule has 0 bridgehead atoms. The second-order valence-corrected chi connectivity index (χ2v) is 10.1. The standard InChI is InChI=1S/C27H26N4O8/c28-14-6-7-15(32)16-12(14)8-26(10-31-25(38)11-4-2-1-3-5-11)9-13-19(29)21(34)17(24(30)37)22(35)27(13,39)23(36)18(26)20(16)33/h1-7,13,19,32-33,35,39H,8-10,28-29H2,(H2,30,37)(H,31,38)/t13-,19-,26-,27+/m0/s1. The first-order valence-corrected chi connectivity index (χ1v) is 12.0. The minimum absolute atomic E-state index is 0.108. The van der Waals surface area contributed by atoms with Gasteiger partial charge in [0.15, 0.2) is 11.4 Å². The number of nitrogen functional groups attached to an aromatic ring is 1. The number of carbonyl (C=O) groups is 4. The van der Waals surface area contributed by atoms with Gasteiger partial charge in [0.2, 0.25) is 5.78 Å². The van der Waals surface area contributed by atoms with Crippen LogP contribution < -0.4 is 22.5 Å². The third kappa shape index (κ3) is 3.52. The Morgan fingerprint density at radius 1 is 1.05 bits per heavy atom. The summed E-state index contributed by atoms with van der Waals surface area (Å²) >= 11 is 0. The fourth-order valence-electron chi connectivity index (χ4n) is 6.09. The number of hydrogen-bond donors (Lipinski definition) is 8. The van der Waals surface area contributed by atoms with E-state index in [0.29, 0.717) is 5.56 Å². The van der Waals surface area contributed by atoms with E-state index in [1.54, 1.807) is 30.3 Å². The van der Waals surface area contributed by atoms with Gasteiger partial charge >= 0.3 is 0 Å². The number of hydrogen-bond acceptors (Lipinski definition) is 10. The van der Waals surface area contributed by atoms with Gasteiger partial charge in [0, 0.05) is 34.7 Å². The number of primary amides is 1. The Balaban J connectivity index is 1.72. The summed E-state index contributed by atoms with van der Waals surface area (Å²) in [5, 5.41) is 47.2. The van der Waals surface area contributed by atoms with Crippen molar-refractivity contribution in [1.82, 2.24) is 5.32 Å². The number of ketones is 2. The van der Waals surface area contributed by atoms with Crippen molar-refractivity contribution in [3.63, 3.8) is 0 Å². The minimum atomic E-state index is -2.89. The molecule has 3 aliphatic rings. The zero-order valence-electron chi connectivity index (χ0n) is 20.5. The summed E-state index contributed by atoms with van der Waals surface area (Å²) in [6.45, 7) is -0.277. The van der Waals surface area contributed by atoms with Crippen LogP contribution in [0.3, 0.4) is 0 Å². The van der Waals surface area contributed by atoms with Crippen LogP contribution in [0, 0.1) is 11.3 Å². The highest BCUT2D eigenvalue weighted by atomic mass is 16.3. The van der Waals surface area contributed by atoms with Crippen molar-refractivity contribution in [2.75, 3.05) is 12.3 Å². The lowest BCUT2D eigenvalue weighted by molar-refractivity contribution is -0.152. The molecule has 0 aromatic heterocycles. The summed E-state index contributed by atoms with van der Waals surface area (Å²) in [7, 11) is 0. The maximum atomic E-state index is 14.1. The number of aliphatic hydroxyl groups is 3. The Morgan fingerprint density at radius 3 is 2.36 bits per heavy atom. The number of Topliss-reactive ketones (excluding diaryl/α,β-unsaturated/α-hetero) is 2. The van der Waals surface area contributed by atoms with Crippen LogP contribution in [0.15, 0.2) is 59.4 Å². The lowest BCUT2D eigenvalue weighted by Gasteiger charge is -2.53. The normalized spacial score (nSPS) is 27.9. The highest BCUT2D eigenvalue weighted by Gasteiger charge is 2.66. The predicted octanol–water partition coefficient (Wildman–Crippen LogP) is -0.256. The maximum Gasteiger partial charge on any atom is 0.255 e. The zero-order chi connectivity index (χ0) is 28.4. The van der Waals surface area contributed by atoms with Crippen molar-refractivity contribution >= 4 is 34.8 Å². The number of aromatic hydroxyl groups is 1. The molecule has 3 aliphatic carbocycles. The molecule has 11 N–H and O–H groups in total. The number of aliphatic hydroxyl groups excluding tert-OH is 2. The van der Waals surface area contributed by atoms with Gasteiger partial charge in [0.05, 0.1) is 11.6 Å². The molecule has 12 heteroatoms. The van der Waals surface area contributed by atoms with E-state index in [-0.39, 0.29) is 36.2 Å². The monoisotopic (exact) mass is 534 g/mol. The fraction of sp³-hybridized carbons (Fsp3) is 0.259. The number of rotatable bonds is 4. The number of phenolic OH excluding ortho intramolecular Hbond substituents is 1. The van der Waals surface area contributed by atoms with Gasteiger partial charge in [0.25, 0.3) is 11.8 Å². The van der Waals surface area contributed by atoms with E-state index in [1.807, 2.05) is 0 Å². The van der Waals surface area contributed by atoms with Crippen LogP contribution in [-0.4, -0.2) is 62.0 Å². The summed E-state index contributed by atoms with van der Waals surface area (Å²) in [6.07, 6.45) is -0.412. The predicted molar refractivity (Wildman–Crippen MR) is 137 cm³/mol. The molecule has 1 fully saturated rings. The van der Waals surface area contributed by atoms with Crippen molar-refractivity contribution < 1.29 is 39.6 Å². The molecule has 2 amide bonds. The summed E-state index contributed by atoms with van der Waals surface area (Å²) in [6, 6.07) is 9.19. The lowest BCUT2D eigenvalue weighted by atomic mass is 9.51. The Morgan fingerprint density at radius 2 is 1.72 bits per heavy atom. The van der Waals surface area contributed by atoms with E-state index in [1.165, 1.54) is 12.1 Å². The number of amides is 2. The molecule has 2 aromatic rings. The van der Waals surface area contributed by atoms with Gasteiger partial charge in [-0.25, -0.2) is 0 Å². The van der Waals surface area contributed by atoms with Gasteiger partial charge in [-0.3, -0.25) is 19.2 Å². The molecule has 1 saturated carbocycles. The molecular formula is C27H26N4O8. The molecule has 0 saturated heterocycles. The number of nitrogens with two attached hydrogens (primary N) is 3. The fourth-order valence-corrected chi connectivity index (χ4v) is 6.09. The third-order valence-electron chi connectivity index (χ3n) is 8.02. The van der Waals surface area contributed by atoms with Crippen molar-refractivity contribution in [2.24, 2.45) is 22.8 Å². The minimum Gasteiger partial charge on any atom is -0.508 e. The van der Waals surface area contributed by atoms with Gasteiger partial charge in [-0.15, -0.1) is 0 Å². The van der Waals surface area contributed by atoms with Crippen LogP contribution in [0.4, 0.5) is 5.69 Å². The lowest BCUT2D eigenvalue weighted by Crippen LogP contribution is -2.68. The molecule has 0 heterocycles. The number of anilines is 1. The van der Waals surface area contributed by atoms with E-state index in [9.17, 15) is 39.6 Å². The average molecular weight is 535 g/mol. The summed E-state index contributed by atoms with van der Waals surface area (Å²) in [5.74, 6) is -8.07. The van der Waals surface area contributed by atoms with Gasteiger partial charge in [0.1, 0.15) is 22.8 Å². The van der Waals surface area contributed by atoms with Crippen molar-refractivity contribution in [3.05, 3.63) is 76.1 Å². The first kappa shape index (κ1) is 25.9. The smallest absolute Gasteiger partial charge is 0.255 e. The van der Waals surface area contributed by atoms with Crippen LogP contribution >= 0.6 is 0 Å². The van der Waals surface area contributed by atoms with Crippen LogP contribution in [-0.2, 0) is 20.8 Å². The van der Waals surface area contributed by atoms with Gasteiger partial charge in [-0.1, -0.05) is 18.2 Å². The second kappa shape index (κ2) is 8.68. The molecule has 4 atom stereocenters. The molecule has 0 radical (unpaired) electrons. The molecule has 39 heavy (non-hydrogen) atoms. The maximum absolute atomic E-state index is 14.1. The number of phenols is 1. The van der Waals surface area contributed by atoms with Crippen LogP contribution in [0.1, 0.15) is 27.9 Å². The largest absolute Gasteiger partial charge is 0.508 e. The molecule has 2 aromatic carbocycles. The van der Waals surface area contributed by atoms with E-state index in [4.69, 9.17) is 17.2 Å². The van der Waals surface area contributed by atoms with Gasteiger partial charge in [-0.05, 0) is 42.7 Å². The molecular weight excluding hydrogens is 508 g/mol. The van der Waals surface area contributed by atoms with Crippen LogP contribution in [0.5, 0.6) is 5.75 Å². The molecule has 0 spiro atoms. The highest BCUT2D eigenvalue weighted by molar-refractivity contribution is 6.24. The second-order valence-electron chi connectivity index (χ2n) is 10.1. The number of carbonyl (C=O) groups excluding carboxylic acids is 4. The van der Waals surface area contributed by atoms with E-state index < -0.39 is 74.8 Å². The van der Waals surface area contributed by atoms with E-state index in [2.05, 4.69) is 5.32 Å². The van der Waals surface area contributed by atoms with E-state index in [0.717, 1.165) is 0 Å². The Bertz CT molecular complexity index is 1530. The van der Waals surface area contributed by atoms with Crippen LogP contribution in [0.2, 0.25) is 0 Å². The highest BCUT2D eigenvalue weighted by Crippen LogP contribution is 2.57. The third-order valence-corrected chi connectivity index (χ3v) is 8.02. The first-order valence-electron chi connectivity index (χ1n) is 12.0. The topological polar surface area (TPSA) is 239 Å². The first-order chi connectivity index (χ1) is 18.3. The Labute approximate surface area is 221 Å². The van der Waals surface area contributed by atoms with Crippen molar-refractivity contribution in [2.45, 2.75) is 24.5 Å². The molecule has 0 unspecified atom stereocenters. The molecule has 202 valence electrons. The van der Waals surface area contributed by atoms with E-state index >= 15 is 0 Å². The Hall–Kier alpha value is -4.68. The summed E-state index contributed by atoms with van der Waals surface area (Å²) < 4.78 is 0. The van der Waals surface area contributed by atoms with Crippen LogP contribution in [0.25, 0.3) is 5.76 Å². The van der Waals surface area contributed by atoms with Gasteiger partial charge < -0.3 is 42.9 Å². The number of benzene rings is 2. The molecule has 5 rings (SSSR count). The Kier molecular flexibility index (Phi) is 5.78. The van der Waals surface area contributed by atoms with Crippen molar-refractivity contribution in [1.29, 1.82) is 0 Å². The molecule has 12 nitrogen and oxygen atoms in total. The quantitative estimate of drug-likeness (QED) is 0.145. The average Bonchev–Trinajstić information content (AvgIpc) is 2.90. The number of fused-ring (bicyclic) bond motifs is 3. The zero-order valence-corrected chi connectivity index (χ0v) is 20.5. The van der Waals surface area contributed by atoms with Gasteiger partial charge in [-0.2, -0.15) is 0 Å². The molecule has 0 aliphatic heterocycles. The summed E-state index contributed by atoms with van der Waals surface area (Å²) in [4.78, 5) is 51.9. The van der Waals surface area contributed by atoms with Crippen molar-refractivity contribution in [3.8, 4) is 5.75 Å². The summed E-state index contributed by atoms with van der Waals surface area (Å²) in [5.41, 5.74) is 12.4.